The van der Waals surface area contributed by atoms with Crippen molar-refractivity contribution in [2.24, 2.45) is 0 Å². The third kappa shape index (κ3) is 2.52. The largest absolute Gasteiger partial charge is 0.496 e. The molecule has 1 aromatic carbocycles. The minimum atomic E-state index is -4.35. The molecule has 0 atom stereocenters. The maximum absolute atomic E-state index is 12.6. The van der Waals surface area contributed by atoms with Crippen molar-refractivity contribution in [3.63, 3.8) is 0 Å². The van der Waals surface area contributed by atoms with Crippen LogP contribution in [-0.2, 0) is 12.6 Å². The second-order valence-corrected chi connectivity index (χ2v) is 2.98. The average Bonchev–Trinajstić information content (AvgIpc) is 2.17. The minimum Gasteiger partial charge on any atom is -0.496 e. The molecule has 1 aromatic rings. The molecule has 0 unspecified atom stereocenters. The first kappa shape index (κ1) is 11.6. The summed E-state index contributed by atoms with van der Waals surface area (Å²) < 4.78 is 42.7. The standard InChI is InChI=1S/C11H11F3O/c1-3-5-8-9(11(12,13)14)6-4-7-10(8)15-2/h3-4,6-7H,1,5H2,2H3. The van der Waals surface area contributed by atoms with E-state index in [4.69, 9.17) is 4.74 Å². The number of benzene rings is 1. The second-order valence-electron chi connectivity index (χ2n) is 2.98. The molecule has 0 spiro atoms. The first-order chi connectivity index (χ1) is 7.00. The number of rotatable bonds is 3. The van der Waals surface area contributed by atoms with Gasteiger partial charge >= 0.3 is 6.18 Å². The average molecular weight is 216 g/mol. The molecule has 0 bridgehead atoms. The maximum Gasteiger partial charge on any atom is 0.416 e. The smallest absolute Gasteiger partial charge is 0.416 e. The van der Waals surface area contributed by atoms with Gasteiger partial charge in [-0.1, -0.05) is 12.1 Å². The van der Waals surface area contributed by atoms with Gasteiger partial charge in [-0.2, -0.15) is 13.2 Å². The Morgan fingerprint density at radius 1 is 1.40 bits per heavy atom. The highest BCUT2D eigenvalue weighted by atomic mass is 19.4. The number of hydrogen-bond acceptors (Lipinski definition) is 1. The monoisotopic (exact) mass is 216 g/mol. The van der Waals surface area contributed by atoms with E-state index in [0.717, 1.165) is 6.07 Å². The Hall–Kier alpha value is -1.45. The van der Waals surface area contributed by atoms with Crippen LogP contribution >= 0.6 is 0 Å². The normalized spacial score (nSPS) is 11.2. The number of allylic oxidation sites excluding steroid dienone is 1. The van der Waals surface area contributed by atoms with E-state index in [9.17, 15) is 13.2 Å². The number of methoxy groups -OCH3 is 1. The van der Waals surface area contributed by atoms with E-state index in [1.54, 1.807) is 0 Å². The molecule has 82 valence electrons. The molecule has 0 amide bonds. The van der Waals surface area contributed by atoms with Gasteiger partial charge in [-0.05, 0) is 18.6 Å². The van der Waals surface area contributed by atoms with Crippen LogP contribution in [0.5, 0.6) is 5.75 Å². The summed E-state index contributed by atoms with van der Waals surface area (Å²) in [5, 5.41) is 0. The lowest BCUT2D eigenvalue weighted by atomic mass is 10.0. The zero-order valence-corrected chi connectivity index (χ0v) is 8.27. The van der Waals surface area contributed by atoms with Crippen molar-refractivity contribution in [2.45, 2.75) is 12.6 Å². The van der Waals surface area contributed by atoms with Gasteiger partial charge in [0.2, 0.25) is 0 Å². The van der Waals surface area contributed by atoms with Crippen LogP contribution in [0.4, 0.5) is 13.2 Å². The highest BCUT2D eigenvalue weighted by molar-refractivity contribution is 5.42. The molecule has 0 aliphatic carbocycles. The molecule has 15 heavy (non-hydrogen) atoms. The summed E-state index contributed by atoms with van der Waals surface area (Å²) in [6.07, 6.45) is -2.79. The van der Waals surface area contributed by atoms with Crippen molar-refractivity contribution >= 4 is 0 Å². The van der Waals surface area contributed by atoms with E-state index in [1.165, 1.54) is 25.3 Å². The van der Waals surface area contributed by atoms with E-state index >= 15 is 0 Å². The number of alkyl halides is 3. The predicted molar refractivity (Wildman–Crippen MR) is 51.9 cm³/mol. The number of halogens is 3. The molecule has 0 radical (unpaired) electrons. The van der Waals surface area contributed by atoms with Gasteiger partial charge < -0.3 is 4.74 Å². The summed E-state index contributed by atoms with van der Waals surface area (Å²) in [6, 6.07) is 3.88. The van der Waals surface area contributed by atoms with Crippen molar-refractivity contribution in [1.29, 1.82) is 0 Å². The van der Waals surface area contributed by atoms with Gasteiger partial charge in [0, 0.05) is 5.56 Å². The van der Waals surface area contributed by atoms with Crippen molar-refractivity contribution < 1.29 is 17.9 Å². The number of ether oxygens (including phenoxy) is 1. The third-order valence-electron chi connectivity index (χ3n) is 2.01. The Morgan fingerprint density at radius 2 is 2.07 bits per heavy atom. The Kier molecular flexibility index (Phi) is 3.39. The minimum absolute atomic E-state index is 0.127. The summed E-state index contributed by atoms with van der Waals surface area (Å²) in [5.41, 5.74) is -0.538. The van der Waals surface area contributed by atoms with Crippen molar-refractivity contribution in [2.75, 3.05) is 7.11 Å². The highest BCUT2D eigenvalue weighted by Gasteiger charge is 2.33. The molecule has 0 saturated heterocycles. The fourth-order valence-electron chi connectivity index (χ4n) is 1.38. The molecule has 0 aliphatic rings. The van der Waals surface area contributed by atoms with Crippen LogP contribution in [0.1, 0.15) is 11.1 Å². The predicted octanol–water partition coefficient (Wildman–Crippen LogP) is 3.44. The maximum atomic E-state index is 12.6. The van der Waals surface area contributed by atoms with Crippen molar-refractivity contribution in [3.05, 3.63) is 42.0 Å². The summed E-state index contributed by atoms with van der Waals surface area (Å²) in [7, 11) is 1.35. The van der Waals surface area contributed by atoms with Crippen LogP contribution in [0.15, 0.2) is 30.9 Å². The van der Waals surface area contributed by atoms with Gasteiger partial charge in [-0.25, -0.2) is 0 Å². The van der Waals surface area contributed by atoms with Crippen LogP contribution in [0.2, 0.25) is 0 Å². The zero-order chi connectivity index (χ0) is 11.5. The van der Waals surface area contributed by atoms with Crippen molar-refractivity contribution in [1.82, 2.24) is 0 Å². The summed E-state index contributed by atoms with van der Waals surface area (Å²) in [6.45, 7) is 3.43. The topological polar surface area (TPSA) is 9.23 Å². The quantitative estimate of drug-likeness (QED) is 0.703. The molecule has 4 heteroatoms. The summed E-state index contributed by atoms with van der Waals surface area (Å²) >= 11 is 0. The molecule has 0 saturated carbocycles. The van der Waals surface area contributed by atoms with Gasteiger partial charge in [-0.3, -0.25) is 0 Å². The first-order valence-electron chi connectivity index (χ1n) is 4.34. The van der Waals surface area contributed by atoms with Gasteiger partial charge in [-0.15, -0.1) is 6.58 Å². The molecular weight excluding hydrogens is 205 g/mol. The molecule has 0 aromatic heterocycles. The van der Waals surface area contributed by atoms with Crippen molar-refractivity contribution in [3.8, 4) is 5.75 Å². The molecular formula is C11H11F3O. The van der Waals surface area contributed by atoms with E-state index in [1.807, 2.05) is 0 Å². The van der Waals surface area contributed by atoms with Crippen LogP contribution in [0.25, 0.3) is 0 Å². The zero-order valence-electron chi connectivity index (χ0n) is 8.27. The Labute approximate surface area is 86.2 Å². The SMILES string of the molecule is C=CCc1c(OC)cccc1C(F)(F)F. The summed E-state index contributed by atoms with van der Waals surface area (Å²) in [4.78, 5) is 0. The Balaban J connectivity index is 3.31. The fraction of sp³-hybridized carbons (Fsp3) is 0.273. The van der Waals surface area contributed by atoms with Gasteiger partial charge in [0.05, 0.1) is 12.7 Å². The molecule has 0 fully saturated rings. The number of hydrogen-bond donors (Lipinski definition) is 0. The van der Waals surface area contributed by atoms with Crippen LogP contribution in [0, 0.1) is 0 Å². The van der Waals surface area contributed by atoms with E-state index < -0.39 is 11.7 Å². The van der Waals surface area contributed by atoms with Gasteiger partial charge in [0.25, 0.3) is 0 Å². The van der Waals surface area contributed by atoms with E-state index in [0.29, 0.717) is 0 Å². The van der Waals surface area contributed by atoms with Crippen LogP contribution in [-0.4, -0.2) is 7.11 Å². The molecule has 0 heterocycles. The van der Waals surface area contributed by atoms with Gasteiger partial charge in [0.15, 0.2) is 0 Å². The fourth-order valence-corrected chi connectivity index (χ4v) is 1.38. The highest BCUT2D eigenvalue weighted by Crippen LogP contribution is 2.36. The molecule has 0 aliphatic heterocycles. The van der Waals surface area contributed by atoms with E-state index in [-0.39, 0.29) is 17.7 Å². The third-order valence-corrected chi connectivity index (χ3v) is 2.01. The van der Waals surface area contributed by atoms with Crippen LogP contribution < -0.4 is 4.74 Å². The Morgan fingerprint density at radius 3 is 2.53 bits per heavy atom. The van der Waals surface area contributed by atoms with E-state index in [2.05, 4.69) is 6.58 Å². The lowest BCUT2D eigenvalue weighted by Crippen LogP contribution is -2.09. The molecule has 1 nitrogen and oxygen atoms in total. The lowest BCUT2D eigenvalue weighted by Gasteiger charge is -2.14. The van der Waals surface area contributed by atoms with Crippen LogP contribution in [0.3, 0.4) is 0 Å². The second kappa shape index (κ2) is 4.38. The van der Waals surface area contributed by atoms with Gasteiger partial charge in [0.1, 0.15) is 5.75 Å². The summed E-state index contributed by atoms with van der Waals surface area (Å²) in [5.74, 6) is 0.240. The Bertz CT molecular complexity index is 355. The lowest BCUT2D eigenvalue weighted by molar-refractivity contribution is -0.138. The molecule has 0 N–H and O–H groups in total. The molecule has 1 rings (SSSR count). The first-order valence-corrected chi connectivity index (χ1v) is 4.34.